The summed E-state index contributed by atoms with van der Waals surface area (Å²) >= 11 is 0. The van der Waals surface area contributed by atoms with Crippen molar-refractivity contribution in [2.75, 3.05) is 20.2 Å². The number of amides is 1. The Morgan fingerprint density at radius 2 is 1.95 bits per heavy atom. The van der Waals surface area contributed by atoms with Gasteiger partial charge in [0.25, 0.3) is 0 Å². The van der Waals surface area contributed by atoms with E-state index in [2.05, 4.69) is 17.1 Å². The van der Waals surface area contributed by atoms with E-state index in [1.54, 1.807) is 7.11 Å². The number of ether oxygens (including phenoxy) is 1. The quantitative estimate of drug-likeness (QED) is 0.905. The number of carbonyl (C=O) groups is 1. The molecule has 1 amide bonds. The molecule has 4 nitrogen and oxygen atoms in total. The molecule has 1 aromatic rings. The average Bonchev–Trinajstić information content (AvgIpc) is 2.53. The van der Waals surface area contributed by atoms with E-state index >= 15 is 0 Å². The van der Waals surface area contributed by atoms with Crippen LogP contribution in [0, 0.1) is 5.92 Å². The fourth-order valence-electron chi connectivity index (χ4n) is 2.66. The van der Waals surface area contributed by atoms with Crippen LogP contribution in [0.3, 0.4) is 0 Å². The number of piperidine rings is 1. The second kappa shape index (κ2) is 7.46. The van der Waals surface area contributed by atoms with Crippen molar-refractivity contribution in [2.45, 2.75) is 39.3 Å². The lowest BCUT2D eigenvalue weighted by molar-refractivity contribution is -0.126. The summed E-state index contributed by atoms with van der Waals surface area (Å²) in [6.45, 7) is 6.90. The number of rotatable bonds is 5. The summed E-state index contributed by atoms with van der Waals surface area (Å²) < 4.78 is 5.13. The highest BCUT2D eigenvalue weighted by Crippen LogP contribution is 2.18. The Balaban J connectivity index is 1.80. The number of methoxy groups -OCH3 is 1. The third-order valence-corrected chi connectivity index (χ3v) is 4.37. The maximum Gasteiger partial charge on any atom is 0.237 e. The minimum Gasteiger partial charge on any atom is -0.497 e. The Labute approximate surface area is 127 Å². The molecule has 0 aliphatic carbocycles. The topological polar surface area (TPSA) is 41.6 Å². The Morgan fingerprint density at radius 1 is 1.33 bits per heavy atom. The lowest BCUT2D eigenvalue weighted by Crippen LogP contribution is -2.47. The van der Waals surface area contributed by atoms with Crippen LogP contribution in [0.15, 0.2) is 24.3 Å². The lowest BCUT2D eigenvalue weighted by atomic mass is 9.98. The average molecular weight is 290 g/mol. The number of carbonyl (C=O) groups excluding carboxylic acids is 1. The molecule has 116 valence electrons. The highest BCUT2D eigenvalue weighted by molar-refractivity contribution is 5.81. The van der Waals surface area contributed by atoms with Crippen LogP contribution in [0.2, 0.25) is 0 Å². The van der Waals surface area contributed by atoms with Gasteiger partial charge in [-0.15, -0.1) is 0 Å². The smallest absolute Gasteiger partial charge is 0.237 e. The largest absolute Gasteiger partial charge is 0.497 e. The minimum absolute atomic E-state index is 0.0456. The van der Waals surface area contributed by atoms with Crippen LogP contribution in [-0.4, -0.2) is 37.0 Å². The summed E-state index contributed by atoms with van der Waals surface area (Å²) in [7, 11) is 1.65. The summed E-state index contributed by atoms with van der Waals surface area (Å²) in [5.74, 6) is 1.73. The fourth-order valence-corrected chi connectivity index (χ4v) is 2.66. The second-order valence-electron chi connectivity index (χ2n) is 5.96. The van der Waals surface area contributed by atoms with E-state index in [1.165, 1.54) is 12.8 Å². The van der Waals surface area contributed by atoms with Gasteiger partial charge in [0, 0.05) is 6.54 Å². The molecule has 4 heteroatoms. The molecule has 1 aromatic carbocycles. The molecule has 1 heterocycles. The van der Waals surface area contributed by atoms with Crippen molar-refractivity contribution < 1.29 is 9.53 Å². The summed E-state index contributed by atoms with van der Waals surface area (Å²) in [6.07, 6.45) is 2.38. The molecule has 21 heavy (non-hydrogen) atoms. The molecule has 0 radical (unpaired) electrons. The van der Waals surface area contributed by atoms with E-state index in [-0.39, 0.29) is 11.9 Å². The van der Waals surface area contributed by atoms with Gasteiger partial charge in [-0.05, 0) is 56.5 Å². The Kier molecular flexibility index (Phi) is 5.62. The van der Waals surface area contributed by atoms with E-state index < -0.39 is 0 Å². The molecule has 0 saturated carbocycles. The van der Waals surface area contributed by atoms with Gasteiger partial charge >= 0.3 is 0 Å². The van der Waals surface area contributed by atoms with Gasteiger partial charge in [-0.1, -0.05) is 19.1 Å². The standard InChI is InChI=1S/C17H26N2O2/c1-13-8-10-19(11-9-13)14(2)17(20)18-12-15-4-6-16(21-3)7-5-15/h4-7,13-14H,8-12H2,1-3H3,(H,18,20)/t14-/m0/s1. The highest BCUT2D eigenvalue weighted by Gasteiger charge is 2.24. The molecule has 0 aromatic heterocycles. The van der Waals surface area contributed by atoms with Crippen LogP contribution in [0.5, 0.6) is 5.75 Å². The Morgan fingerprint density at radius 3 is 2.52 bits per heavy atom. The SMILES string of the molecule is COc1ccc(CNC(=O)[C@H](C)N2CCC(C)CC2)cc1. The van der Waals surface area contributed by atoms with Crippen LogP contribution in [0.25, 0.3) is 0 Å². The number of nitrogens with one attached hydrogen (secondary N) is 1. The van der Waals surface area contributed by atoms with Crippen molar-refractivity contribution in [3.05, 3.63) is 29.8 Å². The molecular formula is C17H26N2O2. The van der Waals surface area contributed by atoms with Crippen molar-refractivity contribution in [3.8, 4) is 5.75 Å². The predicted octanol–water partition coefficient (Wildman–Crippen LogP) is 2.43. The van der Waals surface area contributed by atoms with Gasteiger partial charge in [0.05, 0.1) is 13.2 Å². The van der Waals surface area contributed by atoms with Crippen LogP contribution in [0.1, 0.15) is 32.3 Å². The Hall–Kier alpha value is -1.55. The van der Waals surface area contributed by atoms with E-state index in [0.29, 0.717) is 6.54 Å². The zero-order chi connectivity index (χ0) is 15.2. The van der Waals surface area contributed by atoms with Gasteiger partial charge in [0.1, 0.15) is 5.75 Å². The first-order chi connectivity index (χ1) is 10.1. The van der Waals surface area contributed by atoms with Crippen molar-refractivity contribution in [1.82, 2.24) is 10.2 Å². The van der Waals surface area contributed by atoms with E-state index in [1.807, 2.05) is 31.2 Å². The van der Waals surface area contributed by atoms with Crippen LogP contribution in [0.4, 0.5) is 0 Å². The molecule has 1 aliphatic rings. The Bertz CT molecular complexity index is 450. The third kappa shape index (κ3) is 4.46. The first-order valence-electron chi connectivity index (χ1n) is 7.75. The van der Waals surface area contributed by atoms with Gasteiger partial charge in [-0.3, -0.25) is 9.69 Å². The molecule has 1 saturated heterocycles. The van der Waals surface area contributed by atoms with E-state index in [9.17, 15) is 4.79 Å². The molecule has 1 atom stereocenters. The predicted molar refractivity (Wildman–Crippen MR) is 84.3 cm³/mol. The number of nitrogens with zero attached hydrogens (tertiary/aromatic N) is 1. The zero-order valence-electron chi connectivity index (χ0n) is 13.3. The lowest BCUT2D eigenvalue weighted by Gasteiger charge is -2.34. The number of hydrogen-bond acceptors (Lipinski definition) is 3. The number of likely N-dealkylation sites (tertiary alicyclic amines) is 1. The second-order valence-corrected chi connectivity index (χ2v) is 5.96. The van der Waals surface area contributed by atoms with Gasteiger partial charge in [0.15, 0.2) is 0 Å². The maximum absolute atomic E-state index is 12.2. The van der Waals surface area contributed by atoms with Crippen molar-refractivity contribution in [1.29, 1.82) is 0 Å². The number of benzene rings is 1. The summed E-state index contributed by atoms with van der Waals surface area (Å²) in [5, 5.41) is 3.02. The molecule has 1 N–H and O–H groups in total. The molecule has 2 rings (SSSR count). The monoisotopic (exact) mass is 290 g/mol. The van der Waals surface area contributed by atoms with Crippen LogP contribution >= 0.6 is 0 Å². The molecule has 0 bridgehead atoms. The first kappa shape index (κ1) is 15.8. The molecule has 1 aliphatic heterocycles. The van der Waals surface area contributed by atoms with Crippen molar-refractivity contribution >= 4 is 5.91 Å². The molecule has 0 unspecified atom stereocenters. The van der Waals surface area contributed by atoms with Crippen LogP contribution < -0.4 is 10.1 Å². The molecule has 1 fully saturated rings. The van der Waals surface area contributed by atoms with Gasteiger partial charge < -0.3 is 10.1 Å². The summed E-state index contributed by atoms with van der Waals surface area (Å²) in [4.78, 5) is 14.5. The summed E-state index contributed by atoms with van der Waals surface area (Å²) in [6, 6.07) is 7.74. The maximum atomic E-state index is 12.2. The van der Waals surface area contributed by atoms with Crippen LogP contribution in [-0.2, 0) is 11.3 Å². The van der Waals surface area contributed by atoms with Crippen molar-refractivity contribution in [3.63, 3.8) is 0 Å². The molecular weight excluding hydrogens is 264 g/mol. The minimum atomic E-state index is -0.0456. The van der Waals surface area contributed by atoms with Crippen molar-refractivity contribution in [2.24, 2.45) is 5.92 Å². The van der Waals surface area contributed by atoms with Gasteiger partial charge in [-0.25, -0.2) is 0 Å². The van der Waals surface area contributed by atoms with E-state index in [0.717, 1.165) is 30.3 Å². The fraction of sp³-hybridized carbons (Fsp3) is 0.588. The zero-order valence-corrected chi connectivity index (χ0v) is 13.3. The normalized spacial score (nSPS) is 18.2. The number of hydrogen-bond donors (Lipinski definition) is 1. The highest BCUT2D eigenvalue weighted by atomic mass is 16.5. The van der Waals surface area contributed by atoms with Gasteiger partial charge in [-0.2, -0.15) is 0 Å². The summed E-state index contributed by atoms with van der Waals surface area (Å²) in [5.41, 5.74) is 1.09. The van der Waals surface area contributed by atoms with Gasteiger partial charge in [0.2, 0.25) is 5.91 Å². The third-order valence-electron chi connectivity index (χ3n) is 4.37. The van der Waals surface area contributed by atoms with E-state index in [4.69, 9.17) is 4.74 Å². The molecule has 0 spiro atoms. The first-order valence-corrected chi connectivity index (χ1v) is 7.75.